The number of nitrogens with one attached hydrogen (secondary N) is 1. The molecule has 0 spiro atoms. The SMILES string of the molecule is CCCCCCCCCCCCCC(=O)OC(c1ccccc1)C(NS(=O)(=O)c1ccc2c(c1)C(=O)c1ccccc1-2)C(=O)OCC. The molecule has 8 nitrogen and oxygen atoms in total. The van der Waals surface area contributed by atoms with Gasteiger partial charge in [-0.3, -0.25) is 14.4 Å². The van der Waals surface area contributed by atoms with E-state index in [4.69, 9.17) is 9.47 Å². The topological polar surface area (TPSA) is 116 Å². The van der Waals surface area contributed by atoms with E-state index in [2.05, 4.69) is 11.6 Å². The summed E-state index contributed by atoms with van der Waals surface area (Å²) in [5, 5.41) is 0. The number of rotatable bonds is 20. The van der Waals surface area contributed by atoms with E-state index in [0.29, 0.717) is 23.1 Å². The Kier molecular flexibility index (Phi) is 13.7. The van der Waals surface area contributed by atoms with Gasteiger partial charge in [0.15, 0.2) is 17.9 Å². The van der Waals surface area contributed by atoms with E-state index in [1.54, 1.807) is 55.5 Å². The molecule has 0 amide bonds. The molecule has 0 fully saturated rings. The van der Waals surface area contributed by atoms with Gasteiger partial charge in [0.25, 0.3) is 0 Å². The average Bonchev–Trinajstić information content (AvgIpc) is 3.36. The number of ether oxygens (including phenoxy) is 2. The van der Waals surface area contributed by atoms with Crippen LogP contribution in [-0.2, 0) is 29.1 Å². The molecule has 47 heavy (non-hydrogen) atoms. The van der Waals surface area contributed by atoms with Crippen LogP contribution in [0.25, 0.3) is 11.1 Å². The van der Waals surface area contributed by atoms with Crippen LogP contribution < -0.4 is 4.72 Å². The quantitative estimate of drug-likeness (QED) is 0.0752. The van der Waals surface area contributed by atoms with E-state index in [1.165, 1.54) is 57.1 Å². The van der Waals surface area contributed by atoms with Crippen LogP contribution in [0, 0.1) is 0 Å². The van der Waals surface area contributed by atoms with Crippen LogP contribution in [0.2, 0.25) is 0 Å². The number of carbonyl (C=O) groups is 3. The van der Waals surface area contributed by atoms with E-state index in [-0.39, 0.29) is 29.3 Å². The van der Waals surface area contributed by atoms with Crippen LogP contribution in [0.4, 0.5) is 0 Å². The van der Waals surface area contributed by atoms with Crippen molar-refractivity contribution in [1.29, 1.82) is 0 Å². The molecule has 3 aromatic carbocycles. The second-order valence-corrected chi connectivity index (χ2v) is 13.8. The molecule has 0 radical (unpaired) electrons. The summed E-state index contributed by atoms with van der Waals surface area (Å²) in [4.78, 5) is 39.3. The predicted octanol–water partition coefficient (Wildman–Crippen LogP) is 8.09. The standard InChI is InChI=1S/C38H47NO7S/c1-3-5-6-7-8-9-10-11-12-13-17-24-34(40)46-37(28-20-15-14-16-21-28)35(38(42)45-4-2)39-47(43,44)29-25-26-31-30-22-18-19-23-32(30)36(41)33(31)27-29/h14-16,18-23,25-27,35,37,39H,3-13,17,24H2,1-2H3. The first kappa shape index (κ1) is 36.0. The minimum absolute atomic E-state index is 0.00311. The number of esters is 2. The highest BCUT2D eigenvalue weighted by Crippen LogP contribution is 2.37. The maximum Gasteiger partial charge on any atom is 0.328 e. The fourth-order valence-corrected chi connectivity index (χ4v) is 7.19. The molecule has 0 bridgehead atoms. The number of hydrogen-bond donors (Lipinski definition) is 1. The molecule has 1 N–H and O–H groups in total. The van der Waals surface area contributed by atoms with Crippen molar-refractivity contribution in [3.63, 3.8) is 0 Å². The van der Waals surface area contributed by atoms with E-state index in [0.717, 1.165) is 24.8 Å². The second kappa shape index (κ2) is 17.9. The lowest BCUT2D eigenvalue weighted by molar-refractivity contribution is -0.158. The van der Waals surface area contributed by atoms with Gasteiger partial charge in [-0.15, -0.1) is 0 Å². The molecule has 1 aliphatic rings. The molecule has 0 saturated heterocycles. The summed E-state index contributed by atoms with van der Waals surface area (Å²) in [6.07, 6.45) is 11.4. The van der Waals surface area contributed by atoms with Crippen LogP contribution in [0.1, 0.15) is 118 Å². The predicted molar refractivity (Wildman–Crippen MR) is 182 cm³/mol. The monoisotopic (exact) mass is 661 g/mol. The summed E-state index contributed by atoms with van der Waals surface area (Å²) in [5.74, 6) is -1.67. The lowest BCUT2D eigenvalue weighted by Gasteiger charge is -2.27. The van der Waals surface area contributed by atoms with Gasteiger partial charge in [-0.1, -0.05) is 132 Å². The molecule has 252 valence electrons. The number of ketones is 1. The summed E-state index contributed by atoms with van der Waals surface area (Å²) >= 11 is 0. The molecular weight excluding hydrogens is 614 g/mol. The minimum Gasteiger partial charge on any atom is -0.465 e. The average molecular weight is 662 g/mol. The Morgan fingerprint density at radius 1 is 0.702 bits per heavy atom. The lowest BCUT2D eigenvalue weighted by atomic mass is 10.0. The van der Waals surface area contributed by atoms with Crippen molar-refractivity contribution in [2.45, 2.75) is 108 Å². The molecule has 0 heterocycles. The van der Waals surface area contributed by atoms with Gasteiger partial charge >= 0.3 is 11.9 Å². The second-order valence-electron chi connectivity index (χ2n) is 12.0. The summed E-state index contributed by atoms with van der Waals surface area (Å²) in [6, 6.07) is 18.4. The van der Waals surface area contributed by atoms with Crippen molar-refractivity contribution in [2.75, 3.05) is 6.61 Å². The number of benzene rings is 3. The number of fused-ring (bicyclic) bond motifs is 3. The Balaban J connectivity index is 1.44. The summed E-state index contributed by atoms with van der Waals surface area (Å²) < 4.78 is 41.1. The van der Waals surface area contributed by atoms with Gasteiger partial charge in [0.05, 0.1) is 11.5 Å². The number of carbonyl (C=O) groups excluding carboxylic acids is 3. The van der Waals surface area contributed by atoms with E-state index >= 15 is 0 Å². The normalized spacial score (nSPS) is 13.4. The van der Waals surface area contributed by atoms with Gasteiger partial charge in [0.1, 0.15) is 0 Å². The fourth-order valence-electron chi connectivity index (χ4n) is 5.98. The summed E-state index contributed by atoms with van der Waals surface area (Å²) in [5.41, 5.74) is 2.59. The van der Waals surface area contributed by atoms with Crippen molar-refractivity contribution in [3.05, 3.63) is 89.5 Å². The fraction of sp³-hybridized carbons (Fsp3) is 0.447. The molecule has 0 aromatic heterocycles. The smallest absolute Gasteiger partial charge is 0.328 e. The molecule has 2 atom stereocenters. The Bertz CT molecular complexity index is 1600. The molecule has 9 heteroatoms. The largest absolute Gasteiger partial charge is 0.465 e. The summed E-state index contributed by atoms with van der Waals surface area (Å²) in [6.45, 7) is 3.83. The van der Waals surface area contributed by atoms with Crippen LogP contribution >= 0.6 is 0 Å². The zero-order valence-electron chi connectivity index (χ0n) is 27.5. The Hall–Kier alpha value is -3.82. The zero-order valence-corrected chi connectivity index (χ0v) is 28.4. The van der Waals surface area contributed by atoms with Gasteiger partial charge in [-0.05, 0) is 42.2 Å². The molecule has 0 aliphatic heterocycles. The van der Waals surface area contributed by atoms with Crippen molar-refractivity contribution in [2.24, 2.45) is 0 Å². The summed E-state index contributed by atoms with van der Waals surface area (Å²) in [7, 11) is -4.38. The zero-order chi connectivity index (χ0) is 33.6. The van der Waals surface area contributed by atoms with E-state index in [1.807, 2.05) is 12.1 Å². The maximum atomic E-state index is 13.8. The first-order chi connectivity index (χ1) is 22.8. The van der Waals surface area contributed by atoms with Gasteiger partial charge in [0, 0.05) is 17.5 Å². The van der Waals surface area contributed by atoms with Gasteiger partial charge in [0.2, 0.25) is 10.0 Å². The highest BCUT2D eigenvalue weighted by atomic mass is 32.2. The van der Waals surface area contributed by atoms with Crippen molar-refractivity contribution in [1.82, 2.24) is 4.72 Å². The molecule has 0 saturated carbocycles. The molecular formula is C38H47NO7S. The first-order valence-electron chi connectivity index (χ1n) is 17.0. The third-order valence-corrected chi connectivity index (χ3v) is 9.94. The Morgan fingerprint density at radius 3 is 1.91 bits per heavy atom. The van der Waals surface area contributed by atoms with Crippen LogP contribution in [-0.4, -0.2) is 38.8 Å². The maximum absolute atomic E-state index is 13.8. The molecule has 4 rings (SSSR count). The third kappa shape index (κ3) is 9.84. The highest BCUT2D eigenvalue weighted by molar-refractivity contribution is 7.89. The number of unbranched alkanes of at least 4 members (excludes halogenated alkanes) is 10. The van der Waals surface area contributed by atoms with Crippen LogP contribution in [0.5, 0.6) is 0 Å². The molecule has 3 aromatic rings. The van der Waals surface area contributed by atoms with Crippen molar-refractivity contribution in [3.8, 4) is 11.1 Å². The van der Waals surface area contributed by atoms with E-state index in [9.17, 15) is 22.8 Å². The molecule has 1 aliphatic carbocycles. The third-order valence-electron chi connectivity index (χ3n) is 8.50. The highest BCUT2D eigenvalue weighted by Gasteiger charge is 2.38. The number of hydrogen-bond acceptors (Lipinski definition) is 7. The Labute approximate surface area is 279 Å². The first-order valence-corrected chi connectivity index (χ1v) is 18.5. The lowest BCUT2D eigenvalue weighted by Crippen LogP contribution is -2.47. The van der Waals surface area contributed by atoms with Crippen LogP contribution in [0.15, 0.2) is 77.7 Å². The van der Waals surface area contributed by atoms with Crippen molar-refractivity contribution >= 4 is 27.7 Å². The van der Waals surface area contributed by atoms with Gasteiger partial charge in [-0.2, -0.15) is 4.72 Å². The van der Waals surface area contributed by atoms with Gasteiger partial charge in [-0.25, -0.2) is 8.42 Å². The molecule has 2 unspecified atom stereocenters. The number of sulfonamides is 1. The Morgan fingerprint density at radius 2 is 1.28 bits per heavy atom. The minimum atomic E-state index is -4.38. The van der Waals surface area contributed by atoms with Crippen LogP contribution in [0.3, 0.4) is 0 Å². The van der Waals surface area contributed by atoms with Gasteiger partial charge < -0.3 is 9.47 Å². The van der Waals surface area contributed by atoms with E-state index < -0.39 is 34.1 Å². The van der Waals surface area contributed by atoms with Crippen molar-refractivity contribution < 1.29 is 32.3 Å².